The van der Waals surface area contributed by atoms with Gasteiger partial charge in [0, 0.05) is 24.9 Å². The summed E-state index contributed by atoms with van der Waals surface area (Å²) in [7, 11) is 0. The summed E-state index contributed by atoms with van der Waals surface area (Å²) >= 11 is 2.91. The Bertz CT molecular complexity index is 218. The lowest BCUT2D eigenvalue weighted by Crippen LogP contribution is -2.18. The van der Waals surface area contributed by atoms with Crippen LogP contribution < -0.4 is 0 Å². The molecule has 0 bridgehead atoms. The zero-order valence-corrected chi connectivity index (χ0v) is 12.3. The normalized spacial score (nSPS) is 22.4. The smallest absolute Gasteiger partial charge is 0.133 e. The van der Waals surface area contributed by atoms with Gasteiger partial charge >= 0.3 is 0 Å². The molecule has 0 radical (unpaired) electrons. The van der Waals surface area contributed by atoms with Crippen LogP contribution in [0.4, 0.5) is 0 Å². The molecule has 100 valence electrons. The molecule has 0 aliphatic carbocycles. The van der Waals surface area contributed by atoms with Crippen molar-refractivity contribution in [3.8, 4) is 0 Å². The molecule has 0 aromatic carbocycles. The molecule has 0 amide bonds. The first-order chi connectivity index (χ1) is 8.22. The minimum absolute atomic E-state index is 0.376. The van der Waals surface area contributed by atoms with Crippen LogP contribution in [0.15, 0.2) is 0 Å². The van der Waals surface area contributed by atoms with E-state index in [0.29, 0.717) is 30.5 Å². The van der Waals surface area contributed by atoms with Gasteiger partial charge in [0.1, 0.15) is 5.78 Å². The third kappa shape index (κ3) is 7.34. The largest absolute Gasteiger partial charge is 0.315 e. The Kier molecular flexibility index (Phi) is 8.35. The van der Waals surface area contributed by atoms with E-state index < -0.39 is 0 Å². The molecule has 17 heavy (non-hydrogen) atoms. The minimum atomic E-state index is 0.376. The molecule has 2 atom stereocenters. The van der Waals surface area contributed by atoms with E-state index in [0.717, 1.165) is 31.8 Å². The number of hydrogen-bond donors (Lipinski definition) is 0. The van der Waals surface area contributed by atoms with E-state index in [4.69, 9.17) is 8.37 Å². The fourth-order valence-corrected chi connectivity index (χ4v) is 2.97. The highest BCUT2D eigenvalue weighted by Crippen LogP contribution is 2.23. The summed E-state index contributed by atoms with van der Waals surface area (Å²) in [6.07, 6.45) is 5.33. The lowest BCUT2D eigenvalue weighted by molar-refractivity contribution is -0.120. The standard InChI is InChI=1S/C12H22O3S2/c1-10(8-14-16-2)3-4-12(13)7-11-5-6-17-15-9-11/h10-11H,3-9H2,1-2H3. The number of carbonyl (C=O) groups is 1. The fourth-order valence-electron chi connectivity index (χ4n) is 1.76. The van der Waals surface area contributed by atoms with Gasteiger partial charge < -0.3 is 8.37 Å². The summed E-state index contributed by atoms with van der Waals surface area (Å²) in [5.41, 5.74) is 0. The number of rotatable bonds is 8. The van der Waals surface area contributed by atoms with Crippen molar-refractivity contribution in [3.05, 3.63) is 0 Å². The molecule has 0 aromatic rings. The topological polar surface area (TPSA) is 35.5 Å². The summed E-state index contributed by atoms with van der Waals surface area (Å²) in [6.45, 7) is 3.60. The zero-order chi connectivity index (χ0) is 12.5. The highest BCUT2D eigenvalue weighted by atomic mass is 32.2. The van der Waals surface area contributed by atoms with Gasteiger partial charge in [-0.25, -0.2) is 0 Å². The van der Waals surface area contributed by atoms with Crippen molar-refractivity contribution in [3.63, 3.8) is 0 Å². The molecule has 0 saturated carbocycles. The van der Waals surface area contributed by atoms with Crippen LogP contribution in [0.25, 0.3) is 0 Å². The molecule has 5 heteroatoms. The second-order valence-corrected chi connectivity index (χ2v) is 6.05. The van der Waals surface area contributed by atoms with Gasteiger partial charge in [0.25, 0.3) is 0 Å². The Balaban J connectivity index is 2.07. The van der Waals surface area contributed by atoms with Crippen LogP contribution in [0.3, 0.4) is 0 Å². The van der Waals surface area contributed by atoms with E-state index in [1.165, 1.54) is 24.1 Å². The Morgan fingerprint density at radius 3 is 3.12 bits per heavy atom. The SMILES string of the molecule is CSOCC(C)CCC(=O)CC1CCSOC1. The average Bonchev–Trinajstić information content (AvgIpc) is 2.35. The van der Waals surface area contributed by atoms with E-state index in [2.05, 4.69) is 6.92 Å². The molecular formula is C12H22O3S2. The predicted octanol–water partition coefficient (Wildman–Crippen LogP) is 3.34. The molecule has 0 N–H and O–H groups in total. The van der Waals surface area contributed by atoms with Crippen LogP contribution in [-0.2, 0) is 13.2 Å². The van der Waals surface area contributed by atoms with Gasteiger partial charge in [-0.15, -0.1) is 0 Å². The van der Waals surface area contributed by atoms with Crippen molar-refractivity contribution in [2.24, 2.45) is 11.8 Å². The van der Waals surface area contributed by atoms with Crippen molar-refractivity contribution < 1.29 is 13.2 Å². The lowest BCUT2D eigenvalue weighted by Gasteiger charge is -2.20. The van der Waals surface area contributed by atoms with Gasteiger partial charge in [-0.05, 0) is 48.8 Å². The Morgan fingerprint density at radius 1 is 1.65 bits per heavy atom. The van der Waals surface area contributed by atoms with E-state index in [-0.39, 0.29) is 0 Å². The molecule has 1 saturated heterocycles. The maximum Gasteiger partial charge on any atom is 0.133 e. The minimum Gasteiger partial charge on any atom is -0.315 e. The summed E-state index contributed by atoms with van der Waals surface area (Å²) < 4.78 is 10.6. The monoisotopic (exact) mass is 278 g/mol. The second-order valence-electron chi connectivity index (χ2n) is 4.60. The maximum atomic E-state index is 11.8. The average molecular weight is 278 g/mol. The van der Waals surface area contributed by atoms with Gasteiger partial charge in [-0.2, -0.15) is 0 Å². The second kappa shape index (κ2) is 9.25. The van der Waals surface area contributed by atoms with Crippen molar-refractivity contribution in [2.75, 3.05) is 25.2 Å². The fraction of sp³-hybridized carbons (Fsp3) is 0.917. The predicted molar refractivity (Wildman–Crippen MR) is 74.0 cm³/mol. The van der Waals surface area contributed by atoms with E-state index >= 15 is 0 Å². The molecule has 0 aromatic heterocycles. The summed E-state index contributed by atoms with van der Waals surface area (Å²) in [4.78, 5) is 11.8. The summed E-state index contributed by atoms with van der Waals surface area (Å²) in [5, 5.41) is 0. The third-order valence-corrected chi connectivity index (χ3v) is 3.98. The highest BCUT2D eigenvalue weighted by molar-refractivity contribution is 7.94. The lowest BCUT2D eigenvalue weighted by atomic mass is 9.96. The molecule has 3 nitrogen and oxygen atoms in total. The molecule has 1 fully saturated rings. The zero-order valence-electron chi connectivity index (χ0n) is 10.6. The van der Waals surface area contributed by atoms with Gasteiger partial charge in [0.15, 0.2) is 0 Å². The number of ketones is 1. The van der Waals surface area contributed by atoms with E-state index in [1.807, 2.05) is 6.26 Å². The van der Waals surface area contributed by atoms with Crippen LogP contribution in [0.5, 0.6) is 0 Å². The molecule has 0 spiro atoms. The summed E-state index contributed by atoms with van der Waals surface area (Å²) in [5.74, 6) is 2.31. The van der Waals surface area contributed by atoms with Crippen molar-refractivity contribution in [2.45, 2.75) is 32.6 Å². The Hall–Kier alpha value is 0.290. The first-order valence-electron chi connectivity index (χ1n) is 6.14. The van der Waals surface area contributed by atoms with Crippen molar-refractivity contribution in [1.29, 1.82) is 0 Å². The van der Waals surface area contributed by atoms with Gasteiger partial charge in [0.05, 0.1) is 13.2 Å². The highest BCUT2D eigenvalue weighted by Gasteiger charge is 2.18. The molecule has 2 unspecified atom stereocenters. The van der Waals surface area contributed by atoms with E-state index in [1.54, 1.807) is 0 Å². The molecule has 1 aliphatic rings. The van der Waals surface area contributed by atoms with Crippen LogP contribution in [-0.4, -0.2) is 31.0 Å². The molecular weight excluding hydrogens is 256 g/mol. The molecule has 1 rings (SSSR count). The molecule has 1 heterocycles. The van der Waals surface area contributed by atoms with Crippen molar-refractivity contribution in [1.82, 2.24) is 0 Å². The third-order valence-electron chi connectivity index (χ3n) is 2.90. The molecule has 1 aliphatic heterocycles. The maximum absolute atomic E-state index is 11.8. The Labute approximate surface area is 113 Å². The number of carbonyl (C=O) groups excluding carboxylic acids is 1. The van der Waals surface area contributed by atoms with Gasteiger partial charge in [-0.1, -0.05) is 6.92 Å². The van der Waals surface area contributed by atoms with Crippen LogP contribution in [0.2, 0.25) is 0 Å². The van der Waals surface area contributed by atoms with Crippen LogP contribution in [0.1, 0.15) is 32.6 Å². The Morgan fingerprint density at radius 2 is 2.47 bits per heavy atom. The quantitative estimate of drug-likeness (QED) is 0.636. The first-order valence-corrected chi connectivity index (χ1v) is 8.20. The first kappa shape index (κ1) is 15.3. The van der Waals surface area contributed by atoms with Crippen molar-refractivity contribution >= 4 is 29.9 Å². The number of hydrogen-bond acceptors (Lipinski definition) is 5. The van der Waals surface area contributed by atoms with Crippen LogP contribution >= 0.6 is 24.1 Å². The van der Waals surface area contributed by atoms with Gasteiger partial charge in [-0.3, -0.25) is 4.79 Å². The van der Waals surface area contributed by atoms with Crippen LogP contribution in [0, 0.1) is 11.8 Å². The van der Waals surface area contributed by atoms with E-state index in [9.17, 15) is 4.79 Å². The summed E-state index contributed by atoms with van der Waals surface area (Å²) in [6, 6.07) is 0. The number of Topliss-reactive ketones (excluding diaryl/α,β-unsaturated/α-hetero) is 1. The van der Waals surface area contributed by atoms with Gasteiger partial charge in [0.2, 0.25) is 0 Å².